The molecule has 110 valence electrons. The van der Waals surface area contributed by atoms with Gasteiger partial charge in [-0.3, -0.25) is 4.79 Å². The molecule has 0 aliphatic heterocycles. The molecule has 3 N–H and O–H groups in total. The Morgan fingerprint density at radius 2 is 1.70 bits per heavy atom. The molecule has 1 saturated carbocycles. The summed E-state index contributed by atoms with van der Waals surface area (Å²) in [7, 11) is 0. The van der Waals surface area contributed by atoms with Crippen LogP contribution in [0.4, 0.5) is 0 Å². The molecule has 0 unspecified atom stereocenters. The van der Waals surface area contributed by atoms with Crippen molar-refractivity contribution in [1.29, 1.82) is 0 Å². The van der Waals surface area contributed by atoms with Gasteiger partial charge >= 0.3 is 5.97 Å². The predicted molar refractivity (Wildman–Crippen MR) is 80.9 cm³/mol. The first-order valence-corrected chi connectivity index (χ1v) is 7.54. The van der Waals surface area contributed by atoms with Gasteiger partial charge in [-0.2, -0.15) is 0 Å². The Bertz CT molecular complexity index is 458. The fourth-order valence-electron chi connectivity index (χ4n) is 3.51. The van der Waals surface area contributed by atoms with Crippen LogP contribution in [0.5, 0.6) is 0 Å². The number of nitrogens with two attached hydrogens (primary N) is 1. The first kappa shape index (κ1) is 15.0. The minimum Gasteiger partial charge on any atom is -0.481 e. The van der Waals surface area contributed by atoms with Gasteiger partial charge in [-0.25, -0.2) is 0 Å². The van der Waals surface area contributed by atoms with Gasteiger partial charge in [0, 0.05) is 12.5 Å². The van der Waals surface area contributed by atoms with Crippen LogP contribution in [0.2, 0.25) is 0 Å². The Morgan fingerprint density at radius 1 is 1.20 bits per heavy atom. The lowest BCUT2D eigenvalue weighted by atomic mass is 9.70. The van der Waals surface area contributed by atoms with Crippen LogP contribution in [0.25, 0.3) is 0 Å². The van der Waals surface area contributed by atoms with Crippen molar-refractivity contribution in [2.45, 2.75) is 51.4 Å². The minimum atomic E-state index is -0.682. The largest absolute Gasteiger partial charge is 0.481 e. The van der Waals surface area contributed by atoms with Crippen molar-refractivity contribution < 1.29 is 9.90 Å². The molecule has 3 heteroatoms. The maximum Gasteiger partial charge on any atom is 0.310 e. The predicted octanol–water partition coefficient (Wildman–Crippen LogP) is 3.50. The molecule has 1 aromatic carbocycles. The summed E-state index contributed by atoms with van der Waals surface area (Å²) in [4.78, 5) is 11.8. The van der Waals surface area contributed by atoms with E-state index in [1.807, 2.05) is 0 Å². The Hall–Kier alpha value is -1.35. The van der Waals surface area contributed by atoms with Crippen LogP contribution in [0.3, 0.4) is 0 Å². The number of hydrogen-bond acceptors (Lipinski definition) is 2. The zero-order valence-corrected chi connectivity index (χ0v) is 12.4. The van der Waals surface area contributed by atoms with Crippen molar-refractivity contribution >= 4 is 5.97 Å². The van der Waals surface area contributed by atoms with Crippen molar-refractivity contribution in [3.05, 3.63) is 35.4 Å². The highest BCUT2D eigenvalue weighted by atomic mass is 16.4. The van der Waals surface area contributed by atoms with Gasteiger partial charge in [0.15, 0.2) is 0 Å². The lowest BCUT2D eigenvalue weighted by Crippen LogP contribution is -2.38. The Morgan fingerprint density at radius 3 is 2.10 bits per heavy atom. The number of benzene rings is 1. The number of rotatable bonds is 5. The lowest BCUT2D eigenvalue weighted by Gasteiger charge is -2.33. The zero-order chi connectivity index (χ0) is 14.8. The molecular formula is C17H25NO2. The SMILES string of the molecule is CC(C)c1ccc([C@@H](CN)C2(C(=O)O)CCCC2)cc1. The van der Waals surface area contributed by atoms with Crippen LogP contribution in [-0.4, -0.2) is 17.6 Å². The molecule has 0 radical (unpaired) electrons. The summed E-state index contributed by atoms with van der Waals surface area (Å²) in [5, 5.41) is 9.71. The zero-order valence-electron chi connectivity index (χ0n) is 12.4. The summed E-state index contributed by atoms with van der Waals surface area (Å²) in [6.07, 6.45) is 3.48. The third-order valence-corrected chi connectivity index (χ3v) is 4.83. The van der Waals surface area contributed by atoms with E-state index in [0.717, 1.165) is 31.2 Å². The Labute approximate surface area is 121 Å². The Kier molecular flexibility index (Phi) is 4.48. The normalized spacial score (nSPS) is 19.2. The van der Waals surface area contributed by atoms with Crippen LogP contribution in [0, 0.1) is 5.41 Å². The van der Waals surface area contributed by atoms with Crippen molar-refractivity contribution in [2.24, 2.45) is 11.1 Å². The number of carboxylic acid groups (broad SMARTS) is 1. The molecule has 1 aliphatic carbocycles. The molecule has 0 bridgehead atoms. The molecule has 1 atom stereocenters. The molecule has 1 aliphatic rings. The quantitative estimate of drug-likeness (QED) is 0.864. The van der Waals surface area contributed by atoms with E-state index in [9.17, 15) is 9.90 Å². The van der Waals surface area contributed by atoms with Crippen LogP contribution < -0.4 is 5.73 Å². The van der Waals surface area contributed by atoms with E-state index in [1.54, 1.807) is 0 Å². The molecule has 0 heterocycles. The molecule has 0 amide bonds. The second-order valence-corrected chi connectivity index (χ2v) is 6.28. The van der Waals surface area contributed by atoms with Gasteiger partial charge in [0.25, 0.3) is 0 Å². The second kappa shape index (κ2) is 5.96. The highest BCUT2D eigenvalue weighted by Gasteiger charge is 2.47. The van der Waals surface area contributed by atoms with Gasteiger partial charge < -0.3 is 10.8 Å². The minimum absolute atomic E-state index is 0.0799. The van der Waals surface area contributed by atoms with Gasteiger partial charge in [0.2, 0.25) is 0 Å². The van der Waals surface area contributed by atoms with Crippen LogP contribution >= 0.6 is 0 Å². The third kappa shape index (κ3) is 2.59. The standard InChI is InChI=1S/C17H25NO2/c1-12(2)13-5-7-14(8-6-13)15(11-18)17(16(19)20)9-3-4-10-17/h5-8,12,15H,3-4,9-11,18H2,1-2H3,(H,19,20)/t15-/m1/s1. The van der Waals surface area contributed by atoms with Crippen LogP contribution in [0.15, 0.2) is 24.3 Å². The van der Waals surface area contributed by atoms with E-state index in [-0.39, 0.29) is 5.92 Å². The lowest BCUT2D eigenvalue weighted by molar-refractivity contribution is -0.150. The van der Waals surface area contributed by atoms with Gasteiger partial charge in [-0.1, -0.05) is 51.0 Å². The average Bonchev–Trinajstić information content (AvgIpc) is 2.91. The van der Waals surface area contributed by atoms with Crippen LogP contribution in [0.1, 0.15) is 62.5 Å². The van der Waals surface area contributed by atoms with Gasteiger partial charge in [-0.05, 0) is 29.9 Å². The number of hydrogen-bond donors (Lipinski definition) is 2. The summed E-state index contributed by atoms with van der Waals surface area (Å²) in [5.74, 6) is -0.276. The number of carbonyl (C=O) groups is 1. The molecule has 1 fully saturated rings. The summed E-state index contributed by atoms with van der Waals surface area (Å²) < 4.78 is 0. The molecule has 20 heavy (non-hydrogen) atoms. The van der Waals surface area contributed by atoms with Gasteiger partial charge in [0.05, 0.1) is 5.41 Å². The molecule has 1 aromatic rings. The Balaban J connectivity index is 2.33. The van der Waals surface area contributed by atoms with Gasteiger partial charge in [-0.15, -0.1) is 0 Å². The average molecular weight is 275 g/mol. The van der Waals surface area contributed by atoms with E-state index in [4.69, 9.17) is 5.73 Å². The van der Waals surface area contributed by atoms with E-state index >= 15 is 0 Å². The molecule has 0 aromatic heterocycles. The highest BCUT2D eigenvalue weighted by molar-refractivity contribution is 5.76. The van der Waals surface area contributed by atoms with Crippen molar-refractivity contribution in [3.63, 3.8) is 0 Å². The van der Waals surface area contributed by atoms with Crippen molar-refractivity contribution in [3.8, 4) is 0 Å². The van der Waals surface area contributed by atoms with Crippen molar-refractivity contribution in [1.82, 2.24) is 0 Å². The topological polar surface area (TPSA) is 63.3 Å². The van der Waals surface area contributed by atoms with E-state index < -0.39 is 11.4 Å². The summed E-state index contributed by atoms with van der Waals surface area (Å²) in [5.41, 5.74) is 7.63. The maximum absolute atomic E-state index is 11.8. The number of carboxylic acids is 1. The second-order valence-electron chi connectivity index (χ2n) is 6.28. The fraction of sp³-hybridized carbons (Fsp3) is 0.588. The molecule has 0 spiro atoms. The smallest absolute Gasteiger partial charge is 0.310 e. The molecule has 0 saturated heterocycles. The van der Waals surface area contributed by atoms with Crippen LogP contribution in [-0.2, 0) is 4.79 Å². The monoisotopic (exact) mass is 275 g/mol. The fourth-order valence-corrected chi connectivity index (χ4v) is 3.51. The summed E-state index contributed by atoms with van der Waals surface area (Å²) in [6, 6.07) is 8.34. The highest BCUT2D eigenvalue weighted by Crippen LogP contribution is 2.48. The van der Waals surface area contributed by atoms with E-state index in [1.165, 1.54) is 5.56 Å². The van der Waals surface area contributed by atoms with E-state index in [0.29, 0.717) is 12.5 Å². The van der Waals surface area contributed by atoms with Crippen molar-refractivity contribution in [2.75, 3.05) is 6.54 Å². The summed E-state index contributed by atoms with van der Waals surface area (Å²) in [6.45, 7) is 4.71. The van der Waals surface area contributed by atoms with E-state index in [2.05, 4.69) is 38.1 Å². The first-order chi connectivity index (χ1) is 9.51. The third-order valence-electron chi connectivity index (χ3n) is 4.83. The first-order valence-electron chi connectivity index (χ1n) is 7.54. The maximum atomic E-state index is 11.8. The molecule has 3 nitrogen and oxygen atoms in total. The molecule has 2 rings (SSSR count). The van der Waals surface area contributed by atoms with Gasteiger partial charge in [0.1, 0.15) is 0 Å². The summed E-state index contributed by atoms with van der Waals surface area (Å²) >= 11 is 0. The molecular weight excluding hydrogens is 250 g/mol. The number of aliphatic carboxylic acids is 1.